The van der Waals surface area contributed by atoms with Gasteiger partial charge in [-0.15, -0.1) is 0 Å². The van der Waals surface area contributed by atoms with Gasteiger partial charge in [0.15, 0.2) is 11.6 Å². The second-order valence-corrected chi connectivity index (χ2v) is 5.46. The monoisotopic (exact) mass is 328 g/mol. The lowest BCUT2D eigenvalue weighted by atomic mass is 9.96. The van der Waals surface area contributed by atoms with E-state index >= 15 is 0 Å². The summed E-state index contributed by atoms with van der Waals surface area (Å²) in [6.07, 6.45) is 0.757. The number of ether oxygens (including phenoxy) is 3. The number of carbonyl (C=O) groups is 1. The Morgan fingerprint density at radius 3 is 2.65 bits per heavy atom. The van der Waals surface area contributed by atoms with Crippen LogP contribution in [0.25, 0.3) is 0 Å². The maximum Gasteiger partial charge on any atom is 0.306 e. The van der Waals surface area contributed by atoms with Gasteiger partial charge < -0.3 is 14.2 Å². The number of benzene rings is 1. The third-order valence-corrected chi connectivity index (χ3v) is 3.69. The minimum Gasteiger partial charge on any atom is -0.466 e. The minimum absolute atomic E-state index is 0.0947. The fraction of sp³-hybridized carbons (Fsp3) is 0.588. The molecule has 0 aliphatic carbocycles. The summed E-state index contributed by atoms with van der Waals surface area (Å²) in [6.45, 7) is 5.03. The number of esters is 1. The third-order valence-electron chi connectivity index (χ3n) is 3.69. The molecule has 1 aromatic carbocycles. The highest BCUT2D eigenvalue weighted by molar-refractivity contribution is 5.69. The van der Waals surface area contributed by atoms with Crippen LogP contribution in [0.1, 0.15) is 43.9 Å². The van der Waals surface area contributed by atoms with Crippen LogP contribution in [0.2, 0.25) is 0 Å². The first-order valence-corrected chi connectivity index (χ1v) is 7.91. The fourth-order valence-electron chi connectivity index (χ4n) is 2.40. The second-order valence-electron chi connectivity index (χ2n) is 5.46. The Hall–Kier alpha value is -1.53. The van der Waals surface area contributed by atoms with Gasteiger partial charge in [-0.3, -0.25) is 4.79 Å². The molecule has 0 spiro atoms. The fourth-order valence-corrected chi connectivity index (χ4v) is 2.40. The van der Waals surface area contributed by atoms with Crippen molar-refractivity contribution in [2.24, 2.45) is 0 Å². The van der Waals surface area contributed by atoms with Gasteiger partial charge in [0.05, 0.1) is 25.9 Å². The molecular weight excluding hydrogens is 306 g/mol. The Kier molecular flexibility index (Phi) is 6.47. The summed E-state index contributed by atoms with van der Waals surface area (Å²) in [7, 11) is 0. The first-order chi connectivity index (χ1) is 11.0. The van der Waals surface area contributed by atoms with E-state index in [0.717, 1.165) is 12.1 Å². The summed E-state index contributed by atoms with van der Waals surface area (Å²) >= 11 is 0. The van der Waals surface area contributed by atoms with Gasteiger partial charge in [-0.25, -0.2) is 8.78 Å². The lowest BCUT2D eigenvalue weighted by Gasteiger charge is -2.20. The molecule has 6 heteroatoms. The molecule has 1 saturated heterocycles. The first kappa shape index (κ1) is 17.8. The normalized spacial score (nSPS) is 17.8. The molecule has 1 heterocycles. The summed E-state index contributed by atoms with van der Waals surface area (Å²) in [4.78, 5) is 11.5. The van der Waals surface area contributed by atoms with Crippen molar-refractivity contribution >= 4 is 5.97 Å². The molecule has 1 aliphatic heterocycles. The topological polar surface area (TPSA) is 48.1 Å². The van der Waals surface area contributed by atoms with Gasteiger partial charge in [-0.05, 0) is 43.0 Å². The van der Waals surface area contributed by atoms with Crippen LogP contribution in [0, 0.1) is 11.6 Å². The molecule has 128 valence electrons. The third kappa shape index (κ3) is 5.25. The largest absolute Gasteiger partial charge is 0.466 e. The quantitative estimate of drug-likeness (QED) is 0.515. The SMILES string of the molecule is CCOC(=O)CCc1cc(F)c(F)cc1C(CC)OC[C@H]1CO1. The van der Waals surface area contributed by atoms with Crippen LogP contribution >= 0.6 is 0 Å². The predicted octanol–water partition coefficient (Wildman–Crippen LogP) is 3.33. The van der Waals surface area contributed by atoms with E-state index in [1.165, 1.54) is 0 Å². The van der Waals surface area contributed by atoms with Gasteiger partial charge in [-0.1, -0.05) is 6.92 Å². The van der Waals surface area contributed by atoms with E-state index in [1.54, 1.807) is 6.92 Å². The highest BCUT2D eigenvalue weighted by Crippen LogP contribution is 2.29. The van der Waals surface area contributed by atoms with E-state index in [1.807, 2.05) is 6.92 Å². The number of epoxide rings is 1. The van der Waals surface area contributed by atoms with Crippen LogP contribution < -0.4 is 0 Å². The highest BCUT2D eigenvalue weighted by Gasteiger charge is 2.26. The Morgan fingerprint density at radius 2 is 2.04 bits per heavy atom. The van der Waals surface area contributed by atoms with Crippen LogP contribution in [0.3, 0.4) is 0 Å². The van der Waals surface area contributed by atoms with Crippen molar-refractivity contribution in [3.63, 3.8) is 0 Å². The summed E-state index contributed by atoms with van der Waals surface area (Å²) in [5.41, 5.74) is 1.15. The van der Waals surface area contributed by atoms with Gasteiger partial charge in [0.2, 0.25) is 0 Å². The molecule has 1 unspecified atom stereocenters. The van der Waals surface area contributed by atoms with Gasteiger partial charge >= 0.3 is 5.97 Å². The summed E-state index contributed by atoms with van der Waals surface area (Å²) in [5.74, 6) is -2.19. The molecule has 23 heavy (non-hydrogen) atoms. The van der Waals surface area contributed by atoms with E-state index in [0.29, 0.717) is 37.4 Å². The summed E-state index contributed by atoms with van der Waals surface area (Å²) < 4.78 is 42.9. The smallest absolute Gasteiger partial charge is 0.306 e. The molecule has 0 N–H and O–H groups in total. The summed E-state index contributed by atoms with van der Waals surface area (Å²) in [5, 5.41) is 0. The predicted molar refractivity (Wildman–Crippen MR) is 80.0 cm³/mol. The summed E-state index contributed by atoms with van der Waals surface area (Å²) in [6, 6.07) is 2.31. The Labute approximate surface area is 134 Å². The average molecular weight is 328 g/mol. The zero-order valence-corrected chi connectivity index (χ0v) is 13.4. The number of hydrogen-bond acceptors (Lipinski definition) is 4. The highest BCUT2D eigenvalue weighted by atomic mass is 19.2. The van der Waals surface area contributed by atoms with E-state index < -0.39 is 11.6 Å². The van der Waals surface area contributed by atoms with Crippen LogP contribution in [-0.4, -0.2) is 31.9 Å². The molecule has 4 nitrogen and oxygen atoms in total. The van der Waals surface area contributed by atoms with Crippen LogP contribution in [-0.2, 0) is 25.4 Å². The Morgan fingerprint density at radius 1 is 1.35 bits per heavy atom. The standard InChI is InChI=1S/C17H22F2O4/c1-3-16(23-10-12-9-22-12)13-8-15(19)14(18)7-11(13)5-6-17(20)21-4-2/h7-8,12,16H,3-6,9-10H2,1-2H3/t12-,16?/m1/s1. The van der Waals surface area contributed by atoms with Crippen LogP contribution in [0.5, 0.6) is 0 Å². The molecule has 0 aromatic heterocycles. The van der Waals surface area contributed by atoms with E-state index in [-0.39, 0.29) is 31.0 Å². The Bertz CT molecular complexity index is 544. The van der Waals surface area contributed by atoms with Gasteiger partial charge in [0.25, 0.3) is 0 Å². The molecule has 1 aliphatic rings. The molecule has 0 radical (unpaired) electrons. The second kappa shape index (κ2) is 8.36. The molecular formula is C17H22F2O4. The average Bonchev–Trinajstić information content (AvgIpc) is 3.34. The van der Waals surface area contributed by atoms with Crippen molar-refractivity contribution in [3.05, 3.63) is 34.9 Å². The van der Waals surface area contributed by atoms with Crippen molar-refractivity contribution in [2.75, 3.05) is 19.8 Å². The van der Waals surface area contributed by atoms with Gasteiger partial charge in [-0.2, -0.15) is 0 Å². The van der Waals surface area contributed by atoms with E-state index in [4.69, 9.17) is 14.2 Å². The molecule has 1 fully saturated rings. The van der Waals surface area contributed by atoms with Crippen molar-refractivity contribution in [1.29, 1.82) is 0 Å². The number of hydrogen-bond donors (Lipinski definition) is 0. The molecule has 2 atom stereocenters. The van der Waals surface area contributed by atoms with Crippen LogP contribution in [0.4, 0.5) is 8.78 Å². The zero-order chi connectivity index (χ0) is 16.8. The lowest BCUT2D eigenvalue weighted by molar-refractivity contribution is -0.143. The van der Waals surface area contributed by atoms with Crippen LogP contribution in [0.15, 0.2) is 12.1 Å². The van der Waals surface area contributed by atoms with E-state index in [9.17, 15) is 13.6 Å². The van der Waals surface area contributed by atoms with E-state index in [2.05, 4.69) is 0 Å². The zero-order valence-electron chi connectivity index (χ0n) is 13.4. The minimum atomic E-state index is -0.923. The Balaban J connectivity index is 2.13. The molecule has 0 amide bonds. The molecule has 0 saturated carbocycles. The maximum absolute atomic E-state index is 13.6. The van der Waals surface area contributed by atoms with Crippen molar-refractivity contribution in [2.45, 2.75) is 45.3 Å². The number of carbonyl (C=O) groups excluding carboxylic acids is 1. The van der Waals surface area contributed by atoms with Crippen molar-refractivity contribution < 1.29 is 27.8 Å². The van der Waals surface area contributed by atoms with Crippen molar-refractivity contribution in [3.8, 4) is 0 Å². The van der Waals surface area contributed by atoms with Crippen molar-refractivity contribution in [1.82, 2.24) is 0 Å². The first-order valence-electron chi connectivity index (χ1n) is 7.91. The number of aryl methyl sites for hydroxylation is 1. The maximum atomic E-state index is 13.6. The lowest BCUT2D eigenvalue weighted by Crippen LogP contribution is -2.13. The molecule has 1 aromatic rings. The number of halogens is 2. The van der Waals surface area contributed by atoms with Gasteiger partial charge in [0, 0.05) is 6.42 Å². The number of rotatable bonds is 9. The molecule has 2 rings (SSSR count). The molecule has 0 bridgehead atoms. The van der Waals surface area contributed by atoms with Gasteiger partial charge in [0.1, 0.15) is 6.10 Å².